The predicted molar refractivity (Wildman–Crippen MR) is 71.3 cm³/mol. The fraction of sp³-hybridized carbons (Fsp3) is 0.600. The highest BCUT2D eigenvalue weighted by molar-refractivity contribution is 5.35. The summed E-state index contributed by atoms with van der Waals surface area (Å²) in [6.07, 6.45) is 2.53. The maximum absolute atomic E-state index is 10.4. The van der Waals surface area contributed by atoms with Gasteiger partial charge in [-0.15, -0.1) is 0 Å². The van der Waals surface area contributed by atoms with Crippen molar-refractivity contribution in [1.82, 2.24) is 0 Å². The molecule has 1 rings (SSSR count). The van der Waals surface area contributed by atoms with E-state index in [1.54, 1.807) is 0 Å². The van der Waals surface area contributed by atoms with Gasteiger partial charge in [0.1, 0.15) is 5.75 Å². The monoisotopic (exact) mass is 236 g/mol. The van der Waals surface area contributed by atoms with Crippen molar-refractivity contribution in [3.8, 4) is 5.75 Å². The fourth-order valence-corrected chi connectivity index (χ4v) is 2.06. The molecule has 1 unspecified atom stereocenters. The van der Waals surface area contributed by atoms with Gasteiger partial charge in [0.25, 0.3) is 0 Å². The molecule has 0 fully saturated rings. The van der Waals surface area contributed by atoms with E-state index in [1.165, 1.54) is 0 Å². The first kappa shape index (κ1) is 14.0. The highest BCUT2D eigenvalue weighted by Gasteiger charge is 2.20. The Balaban J connectivity index is 2.87. The predicted octanol–water partition coefficient (Wildman–Crippen LogP) is 3.95. The van der Waals surface area contributed by atoms with Crippen LogP contribution >= 0.6 is 0 Å². The minimum Gasteiger partial charge on any atom is -0.493 e. The Labute approximate surface area is 105 Å². The van der Waals surface area contributed by atoms with E-state index in [1.807, 2.05) is 24.3 Å². The van der Waals surface area contributed by atoms with Crippen LogP contribution in [0.4, 0.5) is 0 Å². The van der Waals surface area contributed by atoms with Crippen molar-refractivity contribution in [3.05, 3.63) is 29.8 Å². The molecule has 0 amide bonds. The summed E-state index contributed by atoms with van der Waals surface area (Å²) in [5.41, 5.74) is 0.926. The van der Waals surface area contributed by atoms with Crippen molar-refractivity contribution in [2.45, 2.75) is 46.1 Å². The second kappa shape index (κ2) is 7.33. The van der Waals surface area contributed by atoms with E-state index in [4.69, 9.17) is 4.74 Å². The number of hydrogen-bond acceptors (Lipinski definition) is 2. The maximum atomic E-state index is 10.4. The van der Waals surface area contributed by atoms with Crippen LogP contribution in [-0.4, -0.2) is 11.7 Å². The van der Waals surface area contributed by atoms with Gasteiger partial charge >= 0.3 is 0 Å². The lowest BCUT2D eigenvalue weighted by Gasteiger charge is -2.22. The minimum absolute atomic E-state index is 0.307. The topological polar surface area (TPSA) is 29.5 Å². The molecule has 2 nitrogen and oxygen atoms in total. The van der Waals surface area contributed by atoms with E-state index in [0.717, 1.165) is 30.6 Å². The van der Waals surface area contributed by atoms with Gasteiger partial charge in [0, 0.05) is 5.56 Å². The summed E-state index contributed by atoms with van der Waals surface area (Å²) in [5, 5.41) is 10.4. The lowest BCUT2D eigenvalue weighted by Crippen LogP contribution is -2.12. The van der Waals surface area contributed by atoms with Crippen LogP contribution < -0.4 is 4.74 Å². The Morgan fingerprint density at radius 2 is 1.76 bits per heavy atom. The Kier molecular flexibility index (Phi) is 6.06. The van der Waals surface area contributed by atoms with Crippen LogP contribution in [-0.2, 0) is 0 Å². The van der Waals surface area contributed by atoms with Crippen LogP contribution in [0.5, 0.6) is 5.75 Å². The van der Waals surface area contributed by atoms with E-state index < -0.39 is 6.10 Å². The van der Waals surface area contributed by atoms with Crippen molar-refractivity contribution in [1.29, 1.82) is 0 Å². The quantitative estimate of drug-likeness (QED) is 0.777. The van der Waals surface area contributed by atoms with E-state index in [-0.39, 0.29) is 0 Å². The van der Waals surface area contributed by atoms with Crippen molar-refractivity contribution in [3.63, 3.8) is 0 Å². The minimum atomic E-state index is -0.418. The summed E-state index contributed by atoms with van der Waals surface area (Å²) in [7, 11) is 0. The van der Waals surface area contributed by atoms with Gasteiger partial charge in [-0.05, 0) is 18.4 Å². The number of hydrogen-bond donors (Lipinski definition) is 1. The molecule has 17 heavy (non-hydrogen) atoms. The Hall–Kier alpha value is -1.02. The van der Waals surface area contributed by atoms with E-state index in [0.29, 0.717) is 12.5 Å². The second-order valence-corrected chi connectivity index (χ2v) is 4.41. The van der Waals surface area contributed by atoms with Crippen LogP contribution in [0.15, 0.2) is 24.3 Å². The lowest BCUT2D eigenvalue weighted by atomic mass is 9.91. The number of para-hydroxylation sites is 1. The fourth-order valence-electron chi connectivity index (χ4n) is 2.06. The largest absolute Gasteiger partial charge is 0.493 e. The van der Waals surface area contributed by atoms with Gasteiger partial charge in [-0.3, -0.25) is 0 Å². The lowest BCUT2D eigenvalue weighted by molar-refractivity contribution is 0.0994. The molecule has 0 heterocycles. The number of rotatable bonds is 7. The molecule has 0 radical (unpaired) electrons. The number of aliphatic hydroxyl groups excluding tert-OH is 1. The van der Waals surface area contributed by atoms with Gasteiger partial charge in [0.05, 0.1) is 12.7 Å². The van der Waals surface area contributed by atoms with Crippen molar-refractivity contribution in [2.24, 2.45) is 5.92 Å². The highest BCUT2D eigenvalue weighted by Crippen LogP contribution is 2.33. The molecular weight excluding hydrogens is 212 g/mol. The Bertz CT molecular complexity index is 318. The molecule has 1 atom stereocenters. The molecule has 0 spiro atoms. The SMILES string of the molecule is CCCOc1ccccc1C(O)C(CC)CC. The van der Waals surface area contributed by atoms with Crippen molar-refractivity contribution in [2.75, 3.05) is 6.61 Å². The van der Waals surface area contributed by atoms with Gasteiger partial charge in [0.15, 0.2) is 0 Å². The van der Waals surface area contributed by atoms with Gasteiger partial charge in [0.2, 0.25) is 0 Å². The zero-order chi connectivity index (χ0) is 12.7. The standard InChI is InChI=1S/C15H24O2/c1-4-11-17-14-10-8-7-9-13(14)15(16)12(5-2)6-3/h7-10,12,15-16H,4-6,11H2,1-3H3. The molecule has 96 valence electrons. The molecule has 0 aliphatic heterocycles. The number of aliphatic hydroxyl groups is 1. The maximum Gasteiger partial charge on any atom is 0.125 e. The summed E-state index contributed by atoms with van der Waals surface area (Å²) >= 11 is 0. The normalized spacial score (nSPS) is 12.8. The summed E-state index contributed by atoms with van der Waals surface area (Å²) in [6, 6.07) is 7.82. The third kappa shape index (κ3) is 3.74. The molecule has 0 aromatic heterocycles. The van der Waals surface area contributed by atoms with E-state index in [9.17, 15) is 5.11 Å². The van der Waals surface area contributed by atoms with Crippen molar-refractivity contribution < 1.29 is 9.84 Å². The summed E-state index contributed by atoms with van der Waals surface area (Å²) in [6.45, 7) is 7.02. The zero-order valence-electron chi connectivity index (χ0n) is 11.1. The first-order valence-corrected chi connectivity index (χ1v) is 6.64. The van der Waals surface area contributed by atoms with Gasteiger partial charge < -0.3 is 9.84 Å². The molecule has 1 aromatic rings. The molecular formula is C15H24O2. The molecule has 1 aromatic carbocycles. The average molecular weight is 236 g/mol. The van der Waals surface area contributed by atoms with E-state index in [2.05, 4.69) is 20.8 Å². The Morgan fingerprint density at radius 1 is 1.12 bits per heavy atom. The van der Waals surface area contributed by atoms with Crippen LogP contribution in [0, 0.1) is 5.92 Å². The van der Waals surface area contributed by atoms with Gasteiger partial charge in [-0.25, -0.2) is 0 Å². The molecule has 2 heteroatoms. The van der Waals surface area contributed by atoms with Crippen LogP contribution in [0.25, 0.3) is 0 Å². The number of ether oxygens (including phenoxy) is 1. The molecule has 0 saturated carbocycles. The average Bonchev–Trinajstić information content (AvgIpc) is 2.38. The van der Waals surface area contributed by atoms with Crippen LogP contribution in [0.3, 0.4) is 0 Å². The summed E-state index contributed by atoms with van der Waals surface area (Å²) < 4.78 is 5.69. The second-order valence-electron chi connectivity index (χ2n) is 4.41. The van der Waals surface area contributed by atoms with E-state index >= 15 is 0 Å². The molecule has 0 bridgehead atoms. The first-order chi connectivity index (χ1) is 8.24. The zero-order valence-corrected chi connectivity index (χ0v) is 11.1. The highest BCUT2D eigenvalue weighted by atomic mass is 16.5. The molecule has 0 saturated heterocycles. The summed E-state index contributed by atoms with van der Waals surface area (Å²) in [5.74, 6) is 1.13. The van der Waals surface area contributed by atoms with Crippen molar-refractivity contribution >= 4 is 0 Å². The van der Waals surface area contributed by atoms with Crippen LogP contribution in [0.2, 0.25) is 0 Å². The third-order valence-corrected chi connectivity index (χ3v) is 3.19. The molecule has 1 N–H and O–H groups in total. The Morgan fingerprint density at radius 3 is 2.35 bits per heavy atom. The molecule has 0 aliphatic rings. The van der Waals surface area contributed by atoms with Crippen LogP contribution in [0.1, 0.15) is 51.7 Å². The first-order valence-electron chi connectivity index (χ1n) is 6.64. The van der Waals surface area contributed by atoms with Gasteiger partial charge in [-0.1, -0.05) is 51.8 Å². The van der Waals surface area contributed by atoms with Gasteiger partial charge in [-0.2, -0.15) is 0 Å². The number of benzene rings is 1. The smallest absolute Gasteiger partial charge is 0.125 e. The molecule has 0 aliphatic carbocycles. The third-order valence-electron chi connectivity index (χ3n) is 3.19. The summed E-state index contributed by atoms with van der Waals surface area (Å²) in [4.78, 5) is 0.